The fourth-order valence-corrected chi connectivity index (χ4v) is 2.19. The molecule has 62 valence electrons. The van der Waals surface area contributed by atoms with Crippen LogP contribution >= 0.6 is 27.5 Å². The summed E-state index contributed by atoms with van der Waals surface area (Å²) < 4.78 is 1.08. The number of aromatic nitrogens is 1. The van der Waals surface area contributed by atoms with Gasteiger partial charge in [0.2, 0.25) is 0 Å². The minimum absolute atomic E-state index is 0.719. The Kier molecular flexibility index (Phi) is 1.89. The lowest BCUT2D eigenvalue weighted by atomic mass is 10.2. The van der Waals surface area contributed by atoms with Crippen molar-refractivity contribution in [3.63, 3.8) is 0 Å². The van der Waals surface area contributed by atoms with Crippen LogP contribution in [-0.4, -0.2) is 4.98 Å². The molecule has 1 heterocycles. The summed E-state index contributed by atoms with van der Waals surface area (Å²) >= 11 is 9.43. The van der Waals surface area contributed by atoms with Crippen molar-refractivity contribution in [2.24, 2.45) is 0 Å². The summed E-state index contributed by atoms with van der Waals surface area (Å²) in [7, 11) is 0. The second kappa shape index (κ2) is 2.79. The standard InChI is InChI=1S/C9H7BrClN/c1-5-8-6(10)3-2-4-7(8)12-9(5)11/h2-4,12H,1H3. The molecule has 1 aromatic heterocycles. The molecule has 0 spiro atoms. The van der Waals surface area contributed by atoms with Crippen molar-refractivity contribution in [1.82, 2.24) is 4.98 Å². The quantitative estimate of drug-likeness (QED) is 0.724. The van der Waals surface area contributed by atoms with Gasteiger partial charge in [-0.2, -0.15) is 0 Å². The maximum Gasteiger partial charge on any atom is 0.110 e. The fourth-order valence-electron chi connectivity index (χ4n) is 1.33. The Labute approximate surface area is 83.9 Å². The number of fused-ring (bicyclic) bond motifs is 1. The number of aryl methyl sites for hydroxylation is 1. The van der Waals surface area contributed by atoms with Gasteiger partial charge in [0.1, 0.15) is 5.15 Å². The maximum absolute atomic E-state index is 5.95. The van der Waals surface area contributed by atoms with Crippen LogP contribution < -0.4 is 0 Å². The molecular formula is C9H7BrClN. The van der Waals surface area contributed by atoms with E-state index in [0.29, 0.717) is 0 Å². The second-order valence-electron chi connectivity index (χ2n) is 2.73. The number of rotatable bonds is 0. The summed E-state index contributed by atoms with van der Waals surface area (Å²) in [6, 6.07) is 6.01. The van der Waals surface area contributed by atoms with Crippen LogP contribution in [0.15, 0.2) is 22.7 Å². The predicted molar refractivity (Wildman–Crippen MR) is 55.7 cm³/mol. The SMILES string of the molecule is Cc1c(Cl)[nH]c2cccc(Br)c12. The third-order valence-corrected chi connectivity index (χ3v) is 3.00. The topological polar surface area (TPSA) is 15.8 Å². The van der Waals surface area contributed by atoms with Crippen molar-refractivity contribution >= 4 is 38.4 Å². The van der Waals surface area contributed by atoms with Crippen LogP contribution in [0.25, 0.3) is 10.9 Å². The number of H-pyrrole nitrogens is 1. The zero-order valence-electron chi connectivity index (χ0n) is 6.49. The molecule has 2 rings (SSSR count). The molecule has 12 heavy (non-hydrogen) atoms. The van der Waals surface area contributed by atoms with Crippen molar-refractivity contribution in [2.75, 3.05) is 0 Å². The number of benzene rings is 1. The minimum atomic E-state index is 0.719. The summed E-state index contributed by atoms with van der Waals surface area (Å²) in [4.78, 5) is 3.10. The van der Waals surface area contributed by atoms with Crippen molar-refractivity contribution in [3.05, 3.63) is 33.4 Å². The molecule has 3 heteroatoms. The molecule has 0 saturated heterocycles. The first-order valence-corrected chi connectivity index (χ1v) is 4.79. The molecule has 0 bridgehead atoms. The molecule has 0 unspecified atom stereocenters. The Morgan fingerprint density at radius 2 is 2.17 bits per heavy atom. The fraction of sp³-hybridized carbons (Fsp3) is 0.111. The van der Waals surface area contributed by atoms with E-state index in [1.165, 1.54) is 5.39 Å². The molecule has 0 fully saturated rings. The second-order valence-corrected chi connectivity index (χ2v) is 3.96. The Balaban J connectivity index is 2.97. The molecule has 0 aliphatic carbocycles. The van der Waals surface area contributed by atoms with Crippen LogP contribution in [0.2, 0.25) is 5.15 Å². The Hall–Kier alpha value is -0.470. The van der Waals surface area contributed by atoms with Crippen LogP contribution in [0.4, 0.5) is 0 Å². The molecule has 0 aliphatic rings. The minimum Gasteiger partial charge on any atom is -0.345 e. The lowest BCUT2D eigenvalue weighted by molar-refractivity contribution is 1.42. The summed E-state index contributed by atoms with van der Waals surface area (Å²) in [5.41, 5.74) is 2.17. The van der Waals surface area contributed by atoms with E-state index in [2.05, 4.69) is 20.9 Å². The third kappa shape index (κ3) is 1.06. The highest BCUT2D eigenvalue weighted by Gasteiger charge is 2.07. The highest BCUT2D eigenvalue weighted by atomic mass is 79.9. The van der Waals surface area contributed by atoms with Gasteiger partial charge in [0.25, 0.3) is 0 Å². The number of aromatic amines is 1. The van der Waals surface area contributed by atoms with Crippen LogP contribution in [-0.2, 0) is 0 Å². The van der Waals surface area contributed by atoms with E-state index in [1.807, 2.05) is 25.1 Å². The van der Waals surface area contributed by atoms with Crippen molar-refractivity contribution < 1.29 is 0 Å². The average Bonchev–Trinajstić information content (AvgIpc) is 2.29. The van der Waals surface area contributed by atoms with Crippen LogP contribution in [0.3, 0.4) is 0 Å². The van der Waals surface area contributed by atoms with Gasteiger partial charge in [-0.1, -0.05) is 33.6 Å². The first kappa shape index (κ1) is 8.14. The largest absolute Gasteiger partial charge is 0.345 e. The van der Waals surface area contributed by atoms with Gasteiger partial charge in [-0.05, 0) is 24.6 Å². The van der Waals surface area contributed by atoms with Gasteiger partial charge in [0.05, 0.1) is 0 Å². The summed E-state index contributed by atoms with van der Waals surface area (Å²) in [6.07, 6.45) is 0. The summed E-state index contributed by atoms with van der Waals surface area (Å²) in [5, 5.41) is 1.89. The van der Waals surface area contributed by atoms with Gasteiger partial charge in [0, 0.05) is 15.4 Å². The maximum atomic E-state index is 5.95. The smallest absolute Gasteiger partial charge is 0.110 e. The molecule has 0 amide bonds. The van der Waals surface area contributed by atoms with E-state index in [4.69, 9.17) is 11.6 Å². The van der Waals surface area contributed by atoms with Gasteiger partial charge in [-0.3, -0.25) is 0 Å². The Bertz CT molecular complexity index is 433. The van der Waals surface area contributed by atoms with Crippen LogP contribution in [0.1, 0.15) is 5.56 Å². The first-order valence-electron chi connectivity index (χ1n) is 3.62. The van der Waals surface area contributed by atoms with Crippen molar-refractivity contribution in [1.29, 1.82) is 0 Å². The lowest BCUT2D eigenvalue weighted by Crippen LogP contribution is -1.70. The molecule has 0 saturated carbocycles. The Morgan fingerprint density at radius 1 is 1.42 bits per heavy atom. The molecule has 1 aromatic carbocycles. The van der Waals surface area contributed by atoms with Gasteiger partial charge in [-0.25, -0.2) is 0 Å². The van der Waals surface area contributed by atoms with Gasteiger partial charge < -0.3 is 4.98 Å². The highest BCUT2D eigenvalue weighted by Crippen LogP contribution is 2.30. The van der Waals surface area contributed by atoms with Crippen LogP contribution in [0, 0.1) is 6.92 Å². The lowest BCUT2D eigenvalue weighted by Gasteiger charge is -1.93. The van der Waals surface area contributed by atoms with Crippen molar-refractivity contribution in [3.8, 4) is 0 Å². The molecular weight excluding hydrogens is 237 g/mol. The van der Waals surface area contributed by atoms with Gasteiger partial charge in [0.15, 0.2) is 0 Å². The number of halogens is 2. The first-order chi connectivity index (χ1) is 5.70. The summed E-state index contributed by atoms with van der Waals surface area (Å²) in [6.45, 7) is 2.01. The third-order valence-electron chi connectivity index (χ3n) is 1.96. The molecule has 0 atom stereocenters. The predicted octanol–water partition coefficient (Wildman–Crippen LogP) is 3.89. The normalized spacial score (nSPS) is 10.9. The van der Waals surface area contributed by atoms with Crippen molar-refractivity contribution in [2.45, 2.75) is 6.92 Å². The highest BCUT2D eigenvalue weighted by molar-refractivity contribution is 9.10. The zero-order chi connectivity index (χ0) is 8.72. The van der Waals surface area contributed by atoms with E-state index in [-0.39, 0.29) is 0 Å². The molecule has 1 N–H and O–H groups in total. The van der Waals surface area contributed by atoms with Gasteiger partial charge >= 0.3 is 0 Å². The number of hydrogen-bond donors (Lipinski definition) is 1. The Morgan fingerprint density at radius 3 is 2.83 bits per heavy atom. The zero-order valence-corrected chi connectivity index (χ0v) is 8.83. The van der Waals surface area contributed by atoms with E-state index in [1.54, 1.807) is 0 Å². The molecule has 2 aromatic rings. The van der Waals surface area contributed by atoms with E-state index < -0.39 is 0 Å². The molecule has 0 radical (unpaired) electrons. The monoisotopic (exact) mass is 243 g/mol. The van der Waals surface area contributed by atoms with E-state index in [9.17, 15) is 0 Å². The summed E-state index contributed by atoms with van der Waals surface area (Å²) in [5.74, 6) is 0. The van der Waals surface area contributed by atoms with E-state index >= 15 is 0 Å². The molecule has 0 aliphatic heterocycles. The van der Waals surface area contributed by atoms with Gasteiger partial charge in [-0.15, -0.1) is 0 Å². The number of hydrogen-bond acceptors (Lipinski definition) is 0. The average molecular weight is 245 g/mol. The van der Waals surface area contributed by atoms with E-state index in [0.717, 1.165) is 20.7 Å². The molecule has 1 nitrogen and oxygen atoms in total. The number of nitrogens with one attached hydrogen (secondary N) is 1. The van der Waals surface area contributed by atoms with Crippen LogP contribution in [0.5, 0.6) is 0 Å².